The Morgan fingerprint density at radius 1 is 1.00 bits per heavy atom. The molecule has 1 aliphatic carbocycles. The quantitative estimate of drug-likeness (QED) is 0.333. The summed E-state index contributed by atoms with van der Waals surface area (Å²) in [4.78, 5) is 0. The van der Waals surface area contributed by atoms with E-state index in [4.69, 9.17) is 0 Å². The van der Waals surface area contributed by atoms with E-state index in [0.29, 0.717) is 0 Å². The van der Waals surface area contributed by atoms with E-state index in [0.717, 1.165) is 6.42 Å². The van der Waals surface area contributed by atoms with Crippen molar-refractivity contribution in [2.75, 3.05) is 0 Å². The molecule has 0 saturated carbocycles. The maximum absolute atomic E-state index is 3.82. The highest BCUT2D eigenvalue weighted by atomic mass is 79.9. The van der Waals surface area contributed by atoms with Gasteiger partial charge >= 0.3 is 0 Å². The molecule has 0 N–H and O–H groups in total. The fourth-order valence-corrected chi connectivity index (χ4v) is 5.08. The summed E-state index contributed by atoms with van der Waals surface area (Å²) >= 11 is 15.1. The Bertz CT molecular complexity index is 610. The Morgan fingerprint density at radius 2 is 1.50 bits per heavy atom. The number of rotatable bonds is 1. The predicted molar refractivity (Wildman–Crippen MR) is 103 cm³/mol. The van der Waals surface area contributed by atoms with Gasteiger partial charge in [-0.25, -0.2) is 0 Å². The minimum absolute atomic E-state index is 0.000216. The summed E-state index contributed by atoms with van der Waals surface area (Å²) in [7, 11) is 0. The molecule has 1 aromatic rings. The van der Waals surface area contributed by atoms with Crippen LogP contribution in [0.5, 0.6) is 0 Å². The van der Waals surface area contributed by atoms with Gasteiger partial charge in [-0.05, 0) is 88.2 Å². The normalized spacial score (nSPS) is 23.1. The lowest BCUT2D eigenvalue weighted by Crippen LogP contribution is -2.18. The third kappa shape index (κ3) is 3.18. The molecule has 108 valence electrons. The monoisotopic (exact) mass is 524 g/mol. The number of halogens is 4. The summed E-state index contributed by atoms with van der Waals surface area (Å²) in [5, 5.41) is 0. The molecule has 0 heterocycles. The summed E-state index contributed by atoms with van der Waals surface area (Å²) < 4.78 is 3.53. The SMILES string of the molecule is CC1=CC(C)(Br)CC(c2c(Br)c(C)cc(C)c2Br)=C1Br. The van der Waals surface area contributed by atoms with Crippen molar-refractivity contribution >= 4 is 69.3 Å². The zero-order chi connectivity index (χ0) is 15.2. The van der Waals surface area contributed by atoms with Crippen LogP contribution in [0.4, 0.5) is 0 Å². The lowest BCUT2D eigenvalue weighted by molar-refractivity contribution is 0.817. The van der Waals surface area contributed by atoms with Crippen LogP contribution in [0.15, 0.2) is 31.1 Å². The minimum atomic E-state index is 0.000216. The maximum Gasteiger partial charge on any atom is 0.0455 e. The van der Waals surface area contributed by atoms with Crippen molar-refractivity contribution in [1.29, 1.82) is 0 Å². The van der Waals surface area contributed by atoms with Gasteiger partial charge in [-0.3, -0.25) is 0 Å². The molecule has 0 saturated heterocycles. The molecule has 0 aromatic heterocycles. The molecule has 0 amide bonds. The molecule has 1 aromatic carbocycles. The van der Waals surface area contributed by atoms with Crippen molar-refractivity contribution in [3.63, 3.8) is 0 Å². The van der Waals surface area contributed by atoms with Crippen LogP contribution >= 0.6 is 63.7 Å². The molecule has 0 radical (unpaired) electrons. The van der Waals surface area contributed by atoms with Gasteiger partial charge in [0.05, 0.1) is 0 Å². The highest BCUT2D eigenvalue weighted by Gasteiger charge is 2.29. The number of benzene rings is 1. The van der Waals surface area contributed by atoms with Crippen LogP contribution in [0.25, 0.3) is 5.57 Å². The van der Waals surface area contributed by atoms with Crippen molar-refractivity contribution in [3.8, 4) is 0 Å². The van der Waals surface area contributed by atoms with Crippen LogP contribution < -0.4 is 0 Å². The molecule has 4 heteroatoms. The topological polar surface area (TPSA) is 0 Å². The van der Waals surface area contributed by atoms with Crippen molar-refractivity contribution < 1.29 is 0 Å². The molecule has 1 aliphatic rings. The fraction of sp³-hybridized carbons (Fsp3) is 0.375. The molecule has 1 atom stereocenters. The van der Waals surface area contributed by atoms with E-state index in [-0.39, 0.29) is 4.32 Å². The van der Waals surface area contributed by atoms with Crippen molar-refractivity contribution in [1.82, 2.24) is 0 Å². The second-order valence-electron chi connectivity index (χ2n) is 5.59. The number of alkyl halides is 1. The Balaban J connectivity index is 2.75. The average Bonchev–Trinajstić information content (AvgIpc) is 2.32. The molecular formula is C16H16Br4. The Hall–Kier alpha value is 0.620. The van der Waals surface area contributed by atoms with Crippen LogP contribution in [-0.2, 0) is 0 Å². The highest BCUT2D eigenvalue weighted by Crippen LogP contribution is 2.48. The molecule has 20 heavy (non-hydrogen) atoms. The number of hydrogen-bond donors (Lipinski definition) is 0. The van der Waals surface area contributed by atoms with Crippen molar-refractivity contribution in [3.05, 3.63) is 47.8 Å². The summed E-state index contributed by atoms with van der Waals surface area (Å²) in [5.74, 6) is 0. The lowest BCUT2D eigenvalue weighted by atomic mass is 9.87. The molecule has 0 aliphatic heterocycles. The number of hydrogen-bond acceptors (Lipinski definition) is 0. The fourth-order valence-electron chi connectivity index (χ4n) is 2.63. The van der Waals surface area contributed by atoms with E-state index in [1.54, 1.807) is 0 Å². The van der Waals surface area contributed by atoms with Gasteiger partial charge in [0, 0.05) is 23.3 Å². The zero-order valence-electron chi connectivity index (χ0n) is 11.9. The zero-order valence-corrected chi connectivity index (χ0v) is 18.2. The Morgan fingerprint density at radius 3 is 2.00 bits per heavy atom. The third-order valence-corrected chi connectivity index (χ3v) is 7.17. The van der Waals surface area contributed by atoms with Gasteiger partial charge in [-0.1, -0.05) is 44.0 Å². The van der Waals surface area contributed by atoms with E-state index in [1.165, 1.54) is 41.3 Å². The lowest BCUT2D eigenvalue weighted by Gasteiger charge is -2.29. The maximum atomic E-state index is 3.82. The van der Waals surface area contributed by atoms with Crippen molar-refractivity contribution in [2.24, 2.45) is 0 Å². The molecule has 0 fully saturated rings. The van der Waals surface area contributed by atoms with E-state index < -0.39 is 0 Å². The van der Waals surface area contributed by atoms with Gasteiger partial charge in [0.15, 0.2) is 0 Å². The summed E-state index contributed by atoms with van der Waals surface area (Å²) in [6, 6.07) is 2.20. The standard InChI is InChI=1S/C16H16Br4/c1-8-5-9(2)15(19)12(14(8)18)11-7-16(4,20)6-10(3)13(11)17/h5-6H,7H2,1-4H3. The molecule has 0 spiro atoms. The van der Waals surface area contributed by atoms with Crippen LogP contribution in [0.3, 0.4) is 0 Å². The van der Waals surface area contributed by atoms with Gasteiger partial charge in [0.1, 0.15) is 0 Å². The third-order valence-electron chi connectivity index (χ3n) is 3.52. The second-order valence-corrected chi connectivity index (χ2v) is 9.78. The first-order chi connectivity index (χ1) is 9.14. The van der Waals surface area contributed by atoms with E-state index >= 15 is 0 Å². The average molecular weight is 528 g/mol. The van der Waals surface area contributed by atoms with Gasteiger partial charge in [0.2, 0.25) is 0 Å². The molecule has 2 rings (SSSR count). The van der Waals surface area contributed by atoms with Crippen LogP contribution in [0, 0.1) is 13.8 Å². The minimum Gasteiger partial charge on any atom is -0.0807 e. The smallest absolute Gasteiger partial charge is 0.0455 e. The predicted octanol–water partition coefficient (Wildman–Crippen LogP) is 7.44. The molecule has 1 unspecified atom stereocenters. The Kier molecular flexibility index (Phi) is 5.11. The molecule has 0 nitrogen and oxygen atoms in total. The second kappa shape index (κ2) is 6.02. The van der Waals surface area contributed by atoms with Gasteiger partial charge in [-0.15, -0.1) is 0 Å². The largest absolute Gasteiger partial charge is 0.0807 e. The summed E-state index contributed by atoms with van der Waals surface area (Å²) in [6.45, 7) is 8.63. The number of aryl methyl sites for hydroxylation is 2. The van der Waals surface area contributed by atoms with Crippen LogP contribution in [0.1, 0.15) is 37.0 Å². The first-order valence-corrected chi connectivity index (χ1v) is 9.54. The van der Waals surface area contributed by atoms with Gasteiger partial charge < -0.3 is 0 Å². The Labute approximate surface area is 154 Å². The van der Waals surface area contributed by atoms with Crippen molar-refractivity contribution in [2.45, 2.75) is 38.4 Å². The highest BCUT2D eigenvalue weighted by molar-refractivity contribution is 9.12. The van der Waals surface area contributed by atoms with Crippen LogP contribution in [0.2, 0.25) is 0 Å². The first kappa shape index (κ1) is 17.0. The number of allylic oxidation sites excluding steroid dienone is 4. The van der Waals surface area contributed by atoms with E-state index in [9.17, 15) is 0 Å². The summed E-state index contributed by atoms with van der Waals surface area (Å²) in [5.41, 5.74) is 6.37. The molecule has 0 bridgehead atoms. The first-order valence-electron chi connectivity index (χ1n) is 6.37. The molecular weight excluding hydrogens is 512 g/mol. The summed E-state index contributed by atoms with van der Waals surface area (Å²) in [6.07, 6.45) is 3.22. The van der Waals surface area contributed by atoms with Gasteiger partial charge in [0.25, 0.3) is 0 Å². The van der Waals surface area contributed by atoms with Crippen LogP contribution in [-0.4, -0.2) is 4.32 Å². The van der Waals surface area contributed by atoms with E-state index in [2.05, 4.69) is 104 Å². The van der Waals surface area contributed by atoms with E-state index in [1.807, 2.05) is 0 Å². The van der Waals surface area contributed by atoms with Gasteiger partial charge in [-0.2, -0.15) is 0 Å².